The Bertz CT molecular complexity index is 1360. The second-order valence-electron chi connectivity index (χ2n) is 17.7. The van der Waals surface area contributed by atoms with E-state index in [1.165, 1.54) is 68.9 Å². The highest BCUT2D eigenvalue weighted by Crippen LogP contribution is 2.72. The van der Waals surface area contributed by atoms with E-state index in [9.17, 15) is 18.7 Å². The van der Waals surface area contributed by atoms with Crippen LogP contribution in [0.15, 0.2) is 43.0 Å². The summed E-state index contributed by atoms with van der Waals surface area (Å²) in [6, 6.07) is 7.56. The molecule has 8 unspecified atom stereocenters. The van der Waals surface area contributed by atoms with Crippen molar-refractivity contribution < 1.29 is 18.7 Å². The molecule has 5 aliphatic carbocycles. The molecule has 266 valence electrons. The third kappa shape index (κ3) is 6.14. The van der Waals surface area contributed by atoms with Crippen molar-refractivity contribution in [1.82, 2.24) is 10.2 Å². The van der Waals surface area contributed by atoms with E-state index >= 15 is 0 Å². The van der Waals surface area contributed by atoms with Crippen molar-refractivity contribution in [3.05, 3.63) is 54.1 Å². The first kappa shape index (κ1) is 35.8. The van der Waals surface area contributed by atoms with Crippen LogP contribution in [0, 0.1) is 45.8 Å². The van der Waals surface area contributed by atoms with Gasteiger partial charge < -0.3 is 15.3 Å². The zero-order chi connectivity index (χ0) is 34.5. The summed E-state index contributed by atoms with van der Waals surface area (Å²) in [6.07, 6.45) is 17.3. The lowest BCUT2D eigenvalue weighted by atomic mass is 9.37. The lowest BCUT2D eigenvalue weighted by Crippen LogP contribution is -2.63. The molecule has 1 aliphatic heterocycles. The van der Waals surface area contributed by atoms with Crippen LogP contribution < -0.4 is 5.32 Å². The summed E-state index contributed by atoms with van der Waals surface area (Å²) in [4.78, 5) is 13.7. The number of carboxylic acid groups (broad SMARTS) is 1. The highest BCUT2D eigenvalue weighted by molar-refractivity contribution is 5.88. The lowest BCUT2D eigenvalue weighted by molar-refractivity contribution is -0.172. The summed E-state index contributed by atoms with van der Waals surface area (Å²) < 4.78 is 27.4. The van der Waals surface area contributed by atoms with Gasteiger partial charge in [0.25, 0.3) is 5.92 Å². The van der Waals surface area contributed by atoms with Crippen LogP contribution >= 0.6 is 0 Å². The highest BCUT2D eigenvalue weighted by atomic mass is 19.3. The molecule has 1 saturated heterocycles. The van der Waals surface area contributed by atoms with Gasteiger partial charge in [0, 0.05) is 44.6 Å². The summed E-state index contributed by atoms with van der Waals surface area (Å²) >= 11 is 0. The fraction of sp³-hybridized carbons (Fsp3) is 0.738. The number of hydrogen-bond donors (Lipinski definition) is 2. The quantitative estimate of drug-likeness (QED) is 0.297. The topological polar surface area (TPSA) is 52.6 Å². The SMILES string of the molecule is C=CC.CC1(C)C(c2ccc(C(=O)O)cc2)=CCC2(C)C1CCC1(C)C3CCC4(NCCN5CCC(F)(F)CC5)CCCC4C3CCC12. The van der Waals surface area contributed by atoms with Crippen LogP contribution in [0.4, 0.5) is 8.78 Å². The third-order valence-electron chi connectivity index (χ3n) is 15.0. The van der Waals surface area contributed by atoms with Crippen LogP contribution in [0.3, 0.4) is 0 Å². The Morgan fingerprint density at radius 1 is 0.917 bits per heavy atom. The maximum absolute atomic E-state index is 13.7. The number of rotatable bonds is 6. The van der Waals surface area contributed by atoms with E-state index in [-0.39, 0.29) is 29.2 Å². The Balaban J connectivity index is 0.00000129. The van der Waals surface area contributed by atoms with Crippen molar-refractivity contribution in [3.8, 4) is 0 Å². The van der Waals surface area contributed by atoms with E-state index in [1.54, 1.807) is 18.2 Å². The molecule has 6 heteroatoms. The number of aromatic carboxylic acids is 1. The molecule has 8 atom stereocenters. The molecule has 5 fully saturated rings. The molecule has 2 N–H and O–H groups in total. The predicted octanol–water partition coefficient (Wildman–Crippen LogP) is 10.1. The number of nitrogens with zero attached hydrogens (tertiary/aromatic N) is 1. The second kappa shape index (κ2) is 13.2. The van der Waals surface area contributed by atoms with Gasteiger partial charge in [-0.15, -0.1) is 6.58 Å². The number of carbonyl (C=O) groups is 1. The largest absolute Gasteiger partial charge is 0.478 e. The molecule has 6 aliphatic rings. The molecule has 0 spiro atoms. The molecule has 0 radical (unpaired) electrons. The summed E-state index contributed by atoms with van der Waals surface area (Å²) in [7, 11) is 0. The first-order valence-corrected chi connectivity index (χ1v) is 19.2. The van der Waals surface area contributed by atoms with E-state index in [4.69, 9.17) is 0 Å². The minimum atomic E-state index is -2.47. The van der Waals surface area contributed by atoms with Gasteiger partial charge in [-0.2, -0.15) is 0 Å². The van der Waals surface area contributed by atoms with Crippen molar-refractivity contribution in [2.75, 3.05) is 26.2 Å². The van der Waals surface area contributed by atoms with Gasteiger partial charge in [-0.1, -0.05) is 58.4 Å². The van der Waals surface area contributed by atoms with Crippen LogP contribution in [0.1, 0.15) is 128 Å². The smallest absolute Gasteiger partial charge is 0.335 e. The minimum absolute atomic E-state index is 0.0121. The molecule has 1 aromatic carbocycles. The van der Waals surface area contributed by atoms with E-state index in [2.05, 4.69) is 50.6 Å². The van der Waals surface area contributed by atoms with E-state index in [0.29, 0.717) is 30.0 Å². The van der Waals surface area contributed by atoms with Crippen LogP contribution in [-0.2, 0) is 0 Å². The average Bonchev–Trinajstić information content (AvgIpc) is 3.46. The number of hydrogen-bond acceptors (Lipinski definition) is 3. The zero-order valence-electron chi connectivity index (χ0n) is 30.4. The first-order chi connectivity index (χ1) is 22.7. The molecular formula is C42H62F2N2O2. The maximum Gasteiger partial charge on any atom is 0.335 e. The number of likely N-dealkylation sites (tertiary alicyclic amines) is 1. The van der Waals surface area contributed by atoms with E-state index < -0.39 is 11.9 Å². The van der Waals surface area contributed by atoms with Gasteiger partial charge in [0.05, 0.1) is 5.56 Å². The normalized spacial score (nSPS) is 39.7. The van der Waals surface area contributed by atoms with Crippen LogP contribution in [0.5, 0.6) is 0 Å². The van der Waals surface area contributed by atoms with Crippen molar-refractivity contribution in [2.24, 2.45) is 45.8 Å². The zero-order valence-corrected chi connectivity index (χ0v) is 30.4. The summed E-state index contributed by atoms with van der Waals surface area (Å²) in [5.74, 6) is 0.374. The molecule has 4 nitrogen and oxygen atoms in total. The maximum atomic E-state index is 13.7. The van der Waals surface area contributed by atoms with Crippen molar-refractivity contribution in [1.29, 1.82) is 0 Å². The predicted molar refractivity (Wildman–Crippen MR) is 192 cm³/mol. The molecule has 0 bridgehead atoms. The van der Waals surface area contributed by atoms with Gasteiger partial charge in [-0.25, -0.2) is 13.6 Å². The lowest BCUT2D eigenvalue weighted by Gasteiger charge is -2.68. The monoisotopic (exact) mass is 664 g/mol. The Hall–Kier alpha value is -2.05. The molecule has 4 saturated carbocycles. The average molecular weight is 665 g/mol. The Labute approximate surface area is 289 Å². The Kier molecular flexibility index (Phi) is 9.87. The fourth-order valence-electron chi connectivity index (χ4n) is 13.0. The number of fused-ring (bicyclic) bond motifs is 7. The number of halogens is 2. The van der Waals surface area contributed by atoms with Crippen LogP contribution in [0.25, 0.3) is 5.57 Å². The minimum Gasteiger partial charge on any atom is -0.478 e. The van der Waals surface area contributed by atoms with Gasteiger partial charge >= 0.3 is 5.97 Å². The van der Waals surface area contributed by atoms with Crippen molar-refractivity contribution >= 4 is 11.5 Å². The van der Waals surface area contributed by atoms with E-state index in [1.807, 2.05) is 19.1 Å². The van der Waals surface area contributed by atoms with Crippen LogP contribution in [-0.4, -0.2) is 53.6 Å². The van der Waals surface area contributed by atoms with E-state index in [0.717, 1.165) is 43.2 Å². The number of alkyl halides is 2. The number of benzene rings is 1. The molecular weight excluding hydrogens is 602 g/mol. The fourth-order valence-corrected chi connectivity index (χ4v) is 13.0. The van der Waals surface area contributed by atoms with Gasteiger partial charge in [0.15, 0.2) is 0 Å². The first-order valence-electron chi connectivity index (χ1n) is 19.2. The highest BCUT2D eigenvalue weighted by Gasteiger charge is 2.65. The summed E-state index contributed by atoms with van der Waals surface area (Å²) in [5.41, 5.74) is 3.89. The molecule has 1 aromatic rings. The number of allylic oxidation sites excluding steroid dienone is 3. The standard InChI is InChI=1S/C39H56F2N2O2.C3H6/c1-35(2)29(26-7-9-27(10-8-26)34(44)45)13-17-37(4)32(35)15-18-36(3)30-14-19-38(16-5-6-31(38)28(30)11-12-33(36)37)42-22-25-43-23-20-39(40,41)21-24-43;1-3-2/h7-10,13,28,30-33,42H,5-6,11-12,14-25H2,1-4H3,(H,44,45);3H,1H2,2H3. The number of carboxylic acids is 1. The van der Waals surface area contributed by atoms with Gasteiger partial charge in [0.2, 0.25) is 0 Å². The Morgan fingerprint density at radius 3 is 2.27 bits per heavy atom. The summed E-state index contributed by atoms with van der Waals surface area (Å²) in [5, 5.41) is 13.5. The number of piperidine rings is 1. The molecule has 0 aromatic heterocycles. The van der Waals surface area contributed by atoms with Gasteiger partial charge in [0.1, 0.15) is 0 Å². The second-order valence-corrected chi connectivity index (χ2v) is 17.7. The Morgan fingerprint density at radius 2 is 1.60 bits per heavy atom. The summed E-state index contributed by atoms with van der Waals surface area (Å²) in [6.45, 7) is 18.4. The molecule has 1 heterocycles. The molecule has 7 rings (SSSR count). The molecule has 48 heavy (non-hydrogen) atoms. The van der Waals surface area contributed by atoms with Crippen molar-refractivity contribution in [3.63, 3.8) is 0 Å². The van der Waals surface area contributed by atoms with Crippen molar-refractivity contribution in [2.45, 2.75) is 123 Å². The molecule has 0 amide bonds. The van der Waals surface area contributed by atoms with Gasteiger partial charge in [-0.05, 0) is 134 Å². The third-order valence-corrected chi connectivity index (χ3v) is 15.0. The van der Waals surface area contributed by atoms with Crippen LogP contribution in [0.2, 0.25) is 0 Å². The van der Waals surface area contributed by atoms with Gasteiger partial charge in [-0.3, -0.25) is 0 Å². The number of nitrogens with one attached hydrogen (secondary N) is 1.